The summed E-state index contributed by atoms with van der Waals surface area (Å²) in [6.45, 7) is 1.85. The van der Waals surface area contributed by atoms with Gasteiger partial charge < -0.3 is 20.4 Å². The summed E-state index contributed by atoms with van der Waals surface area (Å²) in [6.07, 6.45) is 1.12. The normalized spacial score (nSPS) is 10.2. The largest absolute Gasteiger partial charge is 0.504 e. The van der Waals surface area contributed by atoms with Crippen LogP contribution in [0.15, 0.2) is 6.07 Å². The molecule has 0 aliphatic heterocycles. The summed E-state index contributed by atoms with van der Waals surface area (Å²) in [5.41, 5.74) is -0.0982. The number of carboxylic acid groups (broad SMARTS) is 1. The summed E-state index contributed by atoms with van der Waals surface area (Å²) in [5, 5.41) is 36.7. The highest BCUT2D eigenvalue weighted by atomic mass is 16.4. The molecule has 0 atom stereocenters. The predicted molar refractivity (Wildman–Crippen MR) is 52.4 cm³/mol. The van der Waals surface area contributed by atoms with Crippen LogP contribution in [0.3, 0.4) is 0 Å². The Morgan fingerprint density at radius 1 is 1.20 bits per heavy atom. The number of rotatable bonds is 3. The van der Waals surface area contributed by atoms with Crippen LogP contribution >= 0.6 is 0 Å². The van der Waals surface area contributed by atoms with Crippen LogP contribution in [-0.4, -0.2) is 26.4 Å². The van der Waals surface area contributed by atoms with Gasteiger partial charge in [0.25, 0.3) is 0 Å². The average molecular weight is 212 g/mol. The van der Waals surface area contributed by atoms with Gasteiger partial charge in [-0.05, 0) is 18.1 Å². The lowest BCUT2D eigenvalue weighted by Gasteiger charge is -2.09. The zero-order valence-electron chi connectivity index (χ0n) is 8.19. The van der Waals surface area contributed by atoms with Gasteiger partial charge in [0, 0.05) is 0 Å². The summed E-state index contributed by atoms with van der Waals surface area (Å²) in [5.74, 6) is -3.39. The van der Waals surface area contributed by atoms with E-state index in [1.165, 1.54) is 0 Å². The number of carboxylic acids is 1. The number of aromatic carboxylic acids is 1. The molecular weight excluding hydrogens is 200 g/mol. The van der Waals surface area contributed by atoms with Gasteiger partial charge >= 0.3 is 5.97 Å². The van der Waals surface area contributed by atoms with E-state index in [2.05, 4.69) is 0 Å². The maximum absolute atomic E-state index is 10.7. The standard InChI is InChI=1S/C10H12O5/c1-2-3-5-4-6(10(14)15)8(12)9(13)7(5)11/h4,11-13H,2-3H2,1H3,(H,14,15). The molecule has 5 nitrogen and oxygen atoms in total. The number of aromatic hydroxyl groups is 3. The Morgan fingerprint density at radius 3 is 2.27 bits per heavy atom. The SMILES string of the molecule is CCCc1cc(C(=O)O)c(O)c(O)c1O. The summed E-state index contributed by atoms with van der Waals surface area (Å²) < 4.78 is 0. The lowest BCUT2D eigenvalue weighted by atomic mass is 10.0. The van der Waals surface area contributed by atoms with Crippen molar-refractivity contribution in [2.45, 2.75) is 19.8 Å². The van der Waals surface area contributed by atoms with Crippen LogP contribution < -0.4 is 0 Å². The Bertz CT molecular complexity index is 397. The zero-order chi connectivity index (χ0) is 11.6. The Kier molecular flexibility index (Phi) is 3.04. The van der Waals surface area contributed by atoms with Crippen LogP contribution in [0.25, 0.3) is 0 Å². The topological polar surface area (TPSA) is 98.0 Å². The van der Waals surface area contributed by atoms with Crippen LogP contribution in [-0.2, 0) is 6.42 Å². The van der Waals surface area contributed by atoms with Gasteiger partial charge in [-0.25, -0.2) is 4.79 Å². The Labute approximate surface area is 86.2 Å². The van der Waals surface area contributed by atoms with Crippen LogP contribution in [0.5, 0.6) is 17.2 Å². The molecule has 0 bridgehead atoms. The van der Waals surface area contributed by atoms with E-state index >= 15 is 0 Å². The first-order chi connectivity index (χ1) is 6.99. The number of aryl methyl sites for hydroxylation is 1. The van der Waals surface area contributed by atoms with Gasteiger partial charge in [0.2, 0.25) is 5.75 Å². The molecule has 4 N–H and O–H groups in total. The highest BCUT2D eigenvalue weighted by molar-refractivity contribution is 5.92. The van der Waals surface area contributed by atoms with Gasteiger partial charge in [-0.3, -0.25) is 0 Å². The fourth-order valence-electron chi connectivity index (χ4n) is 1.33. The smallest absolute Gasteiger partial charge is 0.339 e. The van der Waals surface area contributed by atoms with E-state index in [4.69, 9.17) is 5.11 Å². The molecule has 0 aliphatic rings. The molecule has 0 amide bonds. The first kappa shape index (κ1) is 11.2. The summed E-state index contributed by atoms with van der Waals surface area (Å²) in [7, 11) is 0. The van der Waals surface area contributed by atoms with Crippen molar-refractivity contribution in [3.05, 3.63) is 17.2 Å². The highest BCUT2D eigenvalue weighted by Gasteiger charge is 2.19. The molecule has 0 saturated carbocycles. The van der Waals surface area contributed by atoms with Crippen molar-refractivity contribution in [3.63, 3.8) is 0 Å². The third kappa shape index (κ3) is 1.96. The van der Waals surface area contributed by atoms with Crippen molar-refractivity contribution < 1.29 is 25.2 Å². The van der Waals surface area contributed by atoms with Gasteiger partial charge in [0.15, 0.2) is 11.5 Å². The molecule has 0 spiro atoms. The lowest BCUT2D eigenvalue weighted by Crippen LogP contribution is -1.99. The van der Waals surface area contributed by atoms with Crippen molar-refractivity contribution in [1.29, 1.82) is 0 Å². The van der Waals surface area contributed by atoms with E-state index in [0.717, 1.165) is 6.07 Å². The van der Waals surface area contributed by atoms with Crippen molar-refractivity contribution in [1.82, 2.24) is 0 Å². The molecule has 0 fully saturated rings. The maximum atomic E-state index is 10.7. The van der Waals surface area contributed by atoms with E-state index in [1.54, 1.807) is 0 Å². The Hall–Kier alpha value is -1.91. The fraction of sp³-hybridized carbons (Fsp3) is 0.300. The summed E-state index contributed by atoms with van der Waals surface area (Å²) in [6, 6.07) is 1.16. The first-order valence-electron chi connectivity index (χ1n) is 4.49. The minimum Gasteiger partial charge on any atom is -0.504 e. The molecule has 15 heavy (non-hydrogen) atoms. The molecule has 0 aromatic heterocycles. The lowest BCUT2D eigenvalue weighted by molar-refractivity contribution is 0.0692. The quantitative estimate of drug-likeness (QED) is 0.568. The van der Waals surface area contributed by atoms with Crippen LogP contribution in [0.4, 0.5) is 0 Å². The number of phenolic OH excluding ortho intramolecular Hbond substituents is 2. The molecule has 1 aromatic rings. The van der Waals surface area contributed by atoms with Crippen LogP contribution in [0.1, 0.15) is 29.3 Å². The number of hydrogen-bond donors (Lipinski definition) is 4. The Morgan fingerprint density at radius 2 is 1.80 bits per heavy atom. The van der Waals surface area contributed by atoms with Crippen LogP contribution in [0, 0.1) is 0 Å². The highest BCUT2D eigenvalue weighted by Crippen LogP contribution is 2.40. The molecule has 1 rings (SSSR count). The van der Waals surface area contributed by atoms with Crippen molar-refractivity contribution >= 4 is 5.97 Å². The van der Waals surface area contributed by atoms with Gasteiger partial charge in [-0.1, -0.05) is 13.3 Å². The van der Waals surface area contributed by atoms with Crippen LogP contribution in [0.2, 0.25) is 0 Å². The average Bonchev–Trinajstić information content (AvgIpc) is 2.18. The molecule has 0 heterocycles. The van der Waals surface area contributed by atoms with Crippen molar-refractivity contribution in [2.24, 2.45) is 0 Å². The van der Waals surface area contributed by atoms with Gasteiger partial charge in [-0.2, -0.15) is 0 Å². The van der Waals surface area contributed by atoms with Gasteiger partial charge in [-0.15, -0.1) is 0 Å². The predicted octanol–water partition coefficient (Wildman–Crippen LogP) is 1.45. The molecule has 82 valence electrons. The number of carbonyl (C=O) groups is 1. The minimum absolute atomic E-state index is 0.310. The van der Waals surface area contributed by atoms with Crippen molar-refractivity contribution in [3.8, 4) is 17.2 Å². The molecule has 5 heteroatoms. The van der Waals surface area contributed by atoms with Gasteiger partial charge in [0.1, 0.15) is 5.56 Å². The monoisotopic (exact) mass is 212 g/mol. The molecule has 0 radical (unpaired) electrons. The molecule has 0 unspecified atom stereocenters. The molecular formula is C10H12O5. The minimum atomic E-state index is -1.35. The van der Waals surface area contributed by atoms with E-state index in [1.807, 2.05) is 6.92 Å². The third-order valence-corrected chi connectivity index (χ3v) is 2.08. The molecule has 1 aromatic carbocycles. The van der Waals surface area contributed by atoms with Gasteiger partial charge in [0.05, 0.1) is 0 Å². The number of hydrogen-bond acceptors (Lipinski definition) is 4. The summed E-state index contributed by atoms with van der Waals surface area (Å²) >= 11 is 0. The second-order valence-electron chi connectivity index (χ2n) is 3.18. The second-order valence-corrected chi connectivity index (χ2v) is 3.18. The van der Waals surface area contributed by atoms with E-state index < -0.39 is 28.8 Å². The molecule has 0 saturated heterocycles. The number of phenols is 3. The van der Waals surface area contributed by atoms with E-state index in [0.29, 0.717) is 18.4 Å². The fourth-order valence-corrected chi connectivity index (χ4v) is 1.33. The zero-order valence-corrected chi connectivity index (χ0v) is 8.19. The maximum Gasteiger partial charge on any atom is 0.339 e. The van der Waals surface area contributed by atoms with E-state index in [-0.39, 0.29) is 0 Å². The second kappa shape index (κ2) is 4.08. The first-order valence-corrected chi connectivity index (χ1v) is 4.49. The third-order valence-electron chi connectivity index (χ3n) is 2.08. The van der Waals surface area contributed by atoms with E-state index in [9.17, 15) is 20.1 Å². The Balaban J connectivity index is 3.38. The summed E-state index contributed by atoms with van der Waals surface area (Å²) in [4.78, 5) is 10.7. The molecule has 0 aliphatic carbocycles. The number of benzene rings is 1. The van der Waals surface area contributed by atoms with Crippen molar-refractivity contribution in [2.75, 3.05) is 0 Å².